The van der Waals surface area contributed by atoms with Gasteiger partial charge in [-0.1, -0.05) is 12.1 Å². The van der Waals surface area contributed by atoms with E-state index in [4.69, 9.17) is 4.98 Å². The van der Waals surface area contributed by atoms with Crippen molar-refractivity contribution in [1.82, 2.24) is 24.8 Å². The first-order chi connectivity index (χ1) is 15.4. The molecule has 0 bridgehead atoms. The van der Waals surface area contributed by atoms with Crippen molar-refractivity contribution in [2.45, 2.75) is 50.7 Å². The first-order valence-electron chi connectivity index (χ1n) is 10.8. The molecule has 3 aromatic heterocycles. The zero-order valence-electron chi connectivity index (χ0n) is 18.3. The molecule has 2 unspecified atom stereocenters. The Morgan fingerprint density at radius 1 is 1.28 bits per heavy atom. The number of fused-ring (bicyclic) bond motifs is 2. The molecule has 4 heterocycles. The summed E-state index contributed by atoms with van der Waals surface area (Å²) < 4.78 is 0. The summed E-state index contributed by atoms with van der Waals surface area (Å²) in [6.07, 6.45) is 1.87. The molecule has 9 heteroatoms. The van der Waals surface area contributed by atoms with Gasteiger partial charge in [-0.3, -0.25) is 9.59 Å². The molecule has 5 rings (SSSR count). The zero-order chi connectivity index (χ0) is 22.4. The lowest BCUT2D eigenvalue weighted by atomic mass is 10.2. The fourth-order valence-corrected chi connectivity index (χ4v) is 6.19. The van der Waals surface area contributed by atoms with Gasteiger partial charge in [-0.2, -0.15) is 0 Å². The van der Waals surface area contributed by atoms with E-state index >= 15 is 0 Å². The SMILES string of the molecule is Cc1sc2nc(CSC(C)C(=O)N3CCCC3c3nc4ccccc4[nH]3)[nH]c(=O)c2c1C. The van der Waals surface area contributed by atoms with Crippen molar-refractivity contribution in [3.05, 3.63) is 56.7 Å². The number of para-hydroxylation sites is 2. The van der Waals surface area contributed by atoms with E-state index < -0.39 is 0 Å². The van der Waals surface area contributed by atoms with Gasteiger partial charge in [-0.05, 0) is 51.3 Å². The number of imidazole rings is 1. The van der Waals surface area contributed by atoms with Crippen molar-refractivity contribution in [2.75, 3.05) is 6.54 Å². The monoisotopic (exact) mass is 467 g/mol. The van der Waals surface area contributed by atoms with Crippen LogP contribution in [0.2, 0.25) is 0 Å². The number of thioether (sulfide) groups is 1. The number of likely N-dealkylation sites (tertiary alicyclic amines) is 1. The molecule has 166 valence electrons. The summed E-state index contributed by atoms with van der Waals surface area (Å²) in [4.78, 5) is 45.2. The Morgan fingerprint density at radius 2 is 2.09 bits per heavy atom. The van der Waals surface area contributed by atoms with Crippen LogP contribution < -0.4 is 5.56 Å². The molecule has 1 aromatic carbocycles. The van der Waals surface area contributed by atoms with Gasteiger partial charge >= 0.3 is 0 Å². The maximum atomic E-state index is 13.3. The summed E-state index contributed by atoms with van der Waals surface area (Å²) in [5, 5.41) is 0.434. The van der Waals surface area contributed by atoms with Crippen LogP contribution in [0.25, 0.3) is 21.3 Å². The van der Waals surface area contributed by atoms with Gasteiger partial charge in [0.25, 0.3) is 5.56 Å². The molecule has 7 nitrogen and oxygen atoms in total. The highest BCUT2D eigenvalue weighted by molar-refractivity contribution is 7.99. The molecule has 0 aliphatic carbocycles. The molecule has 4 aromatic rings. The van der Waals surface area contributed by atoms with Gasteiger partial charge in [-0.25, -0.2) is 9.97 Å². The van der Waals surface area contributed by atoms with E-state index in [9.17, 15) is 9.59 Å². The number of nitrogens with zero attached hydrogens (tertiary/aromatic N) is 3. The van der Waals surface area contributed by atoms with Crippen LogP contribution in [0.5, 0.6) is 0 Å². The smallest absolute Gasteiger partial charge is 0.259 e. The second-order valence-corrected chi connectivity index (χ2v) is 10.8. The Bertz CT molecular complexity index is 1340. The highest BCUT2D eigenvalue weighted by atomic mass is 32.2. The first-order valence-corrected chi connectivity index (χ1v) is 12.6. The second kappa shape index (κ2) is 8.37. The average Bonchev–Trinajstić information content (AvgIpc) is 3.48. The van der Waals surface area contributed by atoms with Gasteiger partial charge in [0.2, 0.25) is 5.91 Å². The van der Waals surface area contributed by atoms with E-state index in [1.165, 1.54) is 11.8 Å². The van der Waals surface area contributed by atoms with Crippen LogP contribution >= 0.6 is 23.1 Å². The largest absolute Gasteiger partial charge is 0.340 e. The van der Waals surface area contributed by atoms with E-state index in [1.807, 2.05) is 49.9 Å². The zero-order valence-corrected chi connectivity index (χ0v) is 19.9. The number of benzene rings is 1. The normalized spacial score (nSPS) is 17.5. The lowest BCUT2D eigenvalue weighted by Gasteiger charge is -2.26. The second-order valence-electron chi connectivity index (χ2n) is 8.26. The van der Waals surface area contributed by atoms with E-state index in [1.54, 1.807) is 11.3 Å². The number of thiophene rings is 1. The fraction of sp³-hybridized carbons (Fsp3) is 0.391. The predicted octanol–water partition coefficient (Wildman–Crippen LogP) is 4.46. The number of rotatable bonds is 5. The van der Waals surface area contributed by atoms with Crippen molar-refractivity contribution in [2.24, 2.45) is 0 Å². The minimum atomic E-state index is -0.243. The molecule has 0 radical (unpaired) electrons. The predicted molar refractivity (Wildman–Crippen MR) is 130 cm³/mol. The van der Waals surface area contributed by atoms with Gasteiger partial charge in [0.1, 0.15) is 16.5 Å². The van der Waals surface area contributed by atoms with Crippen molar-refractivity contribution in [3.8, 4) is 0 Å². The molecule has 32 heavy (non-hydrogen) atoms. The molecule has 0 spiro atoms. The van der Waals surface area contributed by atoms with Crippen molar-refractivity contribution in [3.63, 3.8) is 0 Å². The third-order valence-electron chi connectivity index (χ3n) is 6.17. The molecule has 1 amide bonds. The third kappa shape index (κ3) is 3.73. The molecule has 1 aliphatic heterocycles. The number of hydrogen-bond acceptors (Lipinski definition) is 6. The highest BCUT2D eigenvalue weighted by Gasteiger charge is 2.34. The van der Waals surface area contributed by atoms with Crippen molar-refractivity contribution in [1.29, 1.82) is 0 Å². The van der Waals surface area contributed by atoms with Crippen molar-refractivity contribution < 1.29 is 4.79 Å². The highest BCUT2D eigenvalue weighted by Crippen LogP contribution is 2.33. The molecular formula is C23H25N5O2S2. The number of carbonyl (C=O) groups is 1. The Morgan fingerprint density at radius 3 is 2.91 bits per heavy atom. The first kappa shape index (κ1) is 21.2. The number of aromatic nitrogens is 4. The van der Waals surface area contributed by atoms with E-state index in [0.717, 1.165) is 51.5 Å². The van der Waals surface area contributed by atoms with Crippen LogP contribution in [0, 0.1) is 13.8 Å². The number of amides is 1. The molecule has 1 aliphatic rings. The summed E-state index contributed by atoms with van der Waals surface area (Å²) in [6, 6.07) is 7.92. The standard InChI is InChI=1S/C23H25N5O2S2/c1-12-13(2)32-22-19(12)21(29)26-18(27-22)11-31-14(3)23(30)28-10-6-9-17(28)20-24-15-7-4-5-8-16(15)25-20/h4-5,7-8,14,17H,6,9-11H2,1-3H3,(H,24,25)(H,26,27,29). The van der Waals surface area contributed by atoms with Gasteiger partial charge < -0.3 is 14.9 Å². The van der Waals surface area contributed by atoms with Crippen LogP contribution in [0.3, 0.4) is 0 Å². The van der Waals surface area contributed by atoms with Gasteiger partial charge in [0, 0.05) is 11.4 Å². The maximum absolute atomic E-state index is 13.3. The minimum absolute atomic E-state index is 0.0238. The summed E-state index contributed by atoms with van der Waals surface area (Å²) in [7, 11) is 0. The lowest BCUT2D eigenvalue weighted by molar-refractivity contribution is -0.131. The topological polar surface area (TPSA) is 94.7 Å². The Hall–Kier alpha value is -2.65. The molecule has 1 saturated heterocycles. The van der Waals surface area contributed by atoms with E-state index in [0.29, 0.717) is 17.0 Å². The number of hydrogen-bond donors (Lipinski definition) is 2. The molecule has 2 N–H and O–H groups in total. The summed E-state index contributed by atoms with van der Waals surface area (Å²) in [5.74, 6) is 2.05. The van der Waals surface area contributed by atoms with E-state index in [2.05, 4.69) is 15.0 Å². The summed E-state index contributed by atoms with van der Waals surface area (Å²) in [5.41, 5.74) is 2.81. The number of carbonyl (C=O) groups excluding carboxylic acids is 1. The Kier molecular flexibility index (Phi) is 5.54. The Labute approximate surface area is 193 Å². The van der Waals surface area contributed by atoms with Gasteiger partial charge in [0.05, 0.1) is 33.5 Å². The van der Waals surface area contributed by atoms with Crippen LogP contribution in [0.15, 0.2) is 29.1 Å². The third-order valence-corrected chi connectivity index (χ3v) is 8.41. The average molecular weight is 468 g/mol. The molecule has 2 atom stereocenters. The van der Waals surface area contributed by atoms with Crippen LogP contribution in [-0.2, 0) is 10.5 Å². The molecular weight excluding hydrogens is 442 g/mol. The minimum Gasteiger partial charge on any atom is -0.340 e. The lowest BCUT2D eigenvalue weighted by Crippen LogP contribution is -2.36. The Balaban J connectivity index is 1.30. The van der Waals surface area contributed by atoms with E-state index in [-0.39, 0.29) is 22.8 Å². The van der Waals surface area contributed by atoms with Crippen LogP contribution in [0.1, 0.15) is 47.9 Å². The number of H-pyrrole nitrogens is 2. The van der Waals surface area contributed by atoms with Crippen molar-refractivity contribution >= 4 is 50.3 Å². The number of aryl methyl sites for hydroxylation is 2. The number of nitrogens with one attached hydrogen (secondary N) is 2. The molecule has 0 saturated carbocycles. The van der Waals surface area contributed by atoms with Crippen LogP contribution in [0.4, 0.5) is 0 Å². The molecule has 1 fully saturated rings. The van der Waals surface area contributed by atoms with Gasteiger partial charge in [-0.15, -0.1) is 23.1 Å². The fourth-order valence-electron chi connectivity index (χ4n) is 4.32. The van der Waals surface area contributed by atoms with Gasteiger partial charge in [0.15, 0.2) is 0 Å². The maximum Gasteiger partial charge on any atom is 0.259 e. The van der Waals surface area contributed by atoms with Crippen LogP contribution in [-0.4, -0.2) is 42.5 Å². The quantitative estimate of drug-likeness (QED) is 0.452. The summed E-state index contributed by atoms with van der Waals surface area (Å²) >= 11 is 3.05. The summed E-state index contributed by atoms with van der Waals surface area (Å²) in [6.45, 7) is 6.62. The number of aromatic amines is 2.